The van der Waals surface area contributed by atoms with Gasteiger partial charge in [0.05, 0.1) is 10.6 Å². The van der Waals surface area contributed by atoms with Crippen molar-refractivity contribution < 1.29 is 9.47 Å². The first kappa shape index (κ1) is 15.4. The highest BCUT2D eigenvalue weighted by Crippen LogP contribution is 2.42. The zero-order chi connectivity index (χ0) is 14.7. The van der Waals surface area contributed by atoms with Crippen LogP contribution in [0.15, 0.2) is 6.20 Å². The Labute approximate surface area is 131 Å². The first-order valence-electron chi connectivity index (χ1n) is 8.10. The van der Waals surface area contributed by atoms with Crippen LogP contribution in [0.3, 0.4) is 0 Å². The van der Waals surface area contributed by atoms with E-state index in [2.05, 4.69) is 30.3 Å². The van der Waals surface area contributed by atoms with Crippen molar-refractivity contribution in [3.05, 3.63) is 16.1 Å². The van der Waals surface area contributed by atoms with Gasteiger partial charge in [-0.3, -0.25) is 0 Å². The van der Waals surface area contributed by atoms with Gasteiger partial charge in [-0.25, -0.2) is 4.98 Å². The lowest BCUT2D eigenvalue weighted by molar-refractivity contribution is -0.150. The summed E-state index contributed by atoms with van der Waals surface area (Å²) in [4.78, 5) is 5.82. The van der Waals surface area contributed by atoms with Gasteiger partial charge in [0.15, 0.2) is 0 Å². The highest BCUT2D eigenvalue weighted by atomic mass is 32.1. The fourth-order valence-electron chi connectivity index (χ4n) is 3.68. The van der Waals surface area contributed by atoms with Gasteiger partial charge >= 0.3 is 0 Å². The van der Waals surface area contributed by atoms with Crippen molar-refractivity contribution >= 4 is 11.3 Å². The largest absolute Gasteiger partial charge is 0.381 e. The molecule has 0 saturated carbocycles. The summed E-state index contributed by atoms with van der Waals surface area (Å²) in [6.07, 6.45) is 6.43. The van der Waals surface area contributed by atoms with Crippen molar-refractivity contribution in [2.45, 2.75) is 51.2 Å². The molecule has 2 unspecified atom stereocenters. The Morgan fingerprint density at radius 2 is 2.24 bits per heavy atom. The third-order valence-corrected chi connectivity index (χ3v) is 5.77. The van der Waals surface area contributed by atoms with Gasteiger partial charge in [-0.1, -0.05) is 6.92 Å². The third-order valence-electron chi connectivity index (χ3n) is 4.78. The van der Waals surface area contributed by atoms with Crippen LogP contribution < -0.4 is 5.32 Å². The average Bonchev–Trinajstić information content (AvgIpc) is 2.92. The highest BCUT2D eigenvalue weighted by Gasteiger charge is 2.41. The number of aromatic nitrogens is 1. The highest BCUT2D eigenvalue weighted by molar-refractivity contribution is 7.11. The molecule has 4 nitrogen and oxygen atoms in total. The molecule has 0 amide bonds. The van der Waals surface area contributed by atoms with Crippen LogP contribution in [-0.4, -0.2) is 37.0 Å². The number of rotatable bonds is 4. The van der Waals surface area contributed by atoms with E-state index in [1.54, 1.807) is 0 Å². The van der Waals surface area contributed by atoms with Gasteiger partial charge in [-0.2, -0.15) is 0 Å². The molecule has 3 heterocycles. The Morgan fingerprint density at radius 1 is 1.43 bits per heavy atom. The van der Waals surface area contributed by atoms with Crippen LogP contribution in [0, 0.1) is 12.8 Å². The van der Waals surface area contributed by atoms with Gasteiger partial charge in [-0.15, -0.1) is 11.3 Å². The van der Waals surface area contributed by atoms with Crippen LogP contribution >= 0.6 is 11.3 Å². The Bertz CT molecular complexity index is 451. The summed E-state index contributed by atoms with van der Waals surface area (Å²) >= 11 is 1.83. The normalized spacial score (nSPS) is 26.9. The van der Waals surface area contributed by atoms with Gasteiger partial charge in [0.2, 0.25) is 0 Å². The van der Waals surface area contributed by atoms with Crippen LogP contribution in [0.4, 0.5) is 0 Å². The molecule has 2 aliphatic rings. The second-order valence-electron chi connectivity index (χ2n) is 6.21. The molecule has 0 aliphatic carbocycles. The molecule has 2 atom stereocenters. The maximum absolute atomic E-state index is 6.19. The molecule has 118 valence electrons. The predicted octanol–water partition coefficient (Wildman–Crippen LogP) is 3.08. The third kappa shape index (κ3) is 3.47. The van der Waals surface area contributed by atoms with Crippen LogP contribution in [-0.2, 0) is 9.47 Å². The van der Waals surface area contributed by atoms with E-state index in [-0.39, 0.29) is 5.60 Å². The molecule has 0 radical (unpaired) electrons. The summed E-state index contributed by atoms with van der Waals surface area (Å²) in [5, 5.41) is 4.84. The summed E-state index contributed by atoms with van der Waals surface area (Å²) in [7, 11) is 0. The lowest BCUT2D eigenvalue weighted by Gasteiger charge is -2.45. The lowest BCUT2D eigenvalue weighted by Crippen LogP contribution is -2.46. The fraction of sp³-hybridized carbons (Fsp3) is 0.812. The van der Waals surface area contributed by atoms with Gasteiger partial charge in [0.1, 0.15) is 0 Å². The molecule has 1 aromatic rings. The zero-order valence-electron chi connectivity index (χ0n) is 13.1. The van der Waals surface area contributed by atoms with Gasteiger partial charge in [0.25, 0.3) is 0 Å². The lowest BCUT2D eigenvalue weighted by atomic mass is 9.77. The smallest absolute Gasteiger partial charge is 0.0897 e. The van der Waals surface area contributed by atoms with E-state index < -0.39 is 0 Å². The second-order valence-corrected chi connectivity index (χ2v) is 7.48. The van der Waals surface area contributed by atoms with Crippen molar-refractivity contribution in [1.82, 2.24) is 10.3 Å². The summed E-state index contributed by atoms with van der Waals surface area (Å²) in [5.74, 6) is 0.636. The molecule has 5 heteroatoms. The molecule has 2 fully saturated rings. The predicted molar refractivity (Wildman–Crippen MR) is 84.7 cm³/mol. The van der Waals surface area contributed by atoms with E-state index in [0.717, 1.165) is 57.1 Å². The Hall–Kier alpha value is -0.490. The number of nitrogens with one attached hydrogen (secondary N) is 1. The maximum atomic E-state index is 6.19. The van der Waals surface area contributed by atoms with Crippen molar-refractivity contribution in [3.8, 4) is 0 Å². The minimum Gasteiger partial charge on any atom is -0.381 e. The Kier molecular flexibility index (Phi) is 4.94. The zero-order valence-corrected chi connectivity index (χ0v) is 13.9. The molecule has 21 heavy (non-hydrogen) atoms. The van der Waals surface area contributed by atoms with E-state index in [1.165, 1.54) is 4.88 Å². The molecular weight excluding hydrogens is 284 g/mol. The molecule has 3 rings (SSSR count). The van der Waals surface area contributed by atoms with Crippen molar-refractivity contribution in [2.24, 2.45) is 5.92 Å². The Morgan fingerprint density at radius 3 is 2.90 bits per heavy atom. The van der Waals surface area contributed by atoms with Crippen LogP contribution in [0.5, 0.6) is 0 Å². The maximum Gasteiger partial charge on any atom is 0.0897 e. The molecule has 2 aliphatic heterocycles. The van der Waals surface area contributed by atoms with E-state index >= 15 is 0 Å². The fourth-order valence-corrected chi connectivity index (χ4v) is 4.64. The minimum absolute atomic E-state index is 0.0641. The molecule has 2 saturated heterocycles. The van der Waals surface area contributed by atoms with E-state index in [4.69, 9.17) is 9.47 Å². The number of aryl methyl sites for hydroxylation is 1. The quantitative estimate of drug-likeness (QED) is 0.928. The standard InChI is InChI=1S/C16H26N2O2S/c1-3-17-15(14-11-18-12(2)21-14)13-4-7-20-16(10-13)5-8-19-9-6-16/h11,13,15,17H,3-10H2,1-2H3. The van der Waals surface area contributed by atoms with E-state index in [9.17, 15) is 0 Å². The molecule has 1 N–H and O–H groups in total. The van der Waals surface area contributed by atoms with Gasteiger partial charge in [-0.05, 0) is 45.1 Å². The van der Waals surface area contributed by atoms with Gasteiger partial charge in [0, 0.05) is 36.9 Å². The number of thiazole rings is 1. The second kappa shape index (κ2) is 6.73. The SMILES string of the molecule is CCNC(c1cnc(C)s1)C1CCOC2(CCOCC2)C1. The average molecular weight is 310 g/mol. The Balaban J connectivity index is 1.75. The van der Waals surface area contributed by atoms with Crippen molar-refractivity contribution in [3.63, 3.8) is 0 Å². The van der Waals surface area contributed by atoms with Crippen molar-refractivity contribution in [2.75, 3.05) is 26.4 Å². The molecular formula is C16H26N2O2S. The minimum atomic E-state index is 0.0641. The molecule has 0 aromatic carbocycles. The van der Waals surface area contributed by atoms with Crippen molar-refractivity contribution in [1.29, 1.82) is 0 Å². The number of nitrogens with zero attached hydrogens (tertiary/aromatic N) is 1. The molecule has 0 bridgehead atoms. The van der Waals surface area contributed by atoms with Crippen LogP contribution in [0.1, 0.15) is 48.5 Å². The monoisotopic (exact) mass is 310 g/mol. The van der Waals surface area contributed by atoms with Crippen LogP contribution in [0.25, 0.3) is 0 Å². The number of ether oxygens (including phenoxy) is 2. The van der Waals surface area contributed by atoms with Crippen LogP contribution in [0.2, 0.25) is 0 Å². The molecule has 1 aromatic heterocycles. The molecule has 1 spiro atoms. The first-order valence-corrected chi connectivity index (χ1v) is 8.91. The summed E-state index contributed by atoms with van der Waals surface area (Å²) < 4.78 is 11.7. The summed E-state index contributed by atoms with van der Waals surface area (Å²) in [6, 6.07) is 0.421. The number of hydrogen-bond acceptors (Lipinski definition) is 5. The summed E-state index contributed by atoms with van der Waals surface area (Å²) in [5.41, 5.74) is 0.0641. The van der Waals surface area contributed by atoms with E-state index in [0.29, 0.717) is 12.0 Å². The first-order chi connectivity index (χ1) is 10.2. The number of hydrogen-bond donors (Lipinski definition) is 1. The summed E-state index contributed by atoms with van der Waals surface area (Å²) in [6.45, 7) is 7.83. The topological polar surface area (TPSA) is 43.4 Å². The van der Waals surface area contributed by atoms with E-state index in [1.807, 2.05) is 11.3 Å². The van der Waals surface area contributed by atoms with Gasteiger partial charge < -0.3 is 14.8 Å².